The van der Waals surface area contributed by atoms with Crippen LogP contribution in [-0.2, 0) is 0 Å². The fourth-order valence-electron chi connectivity index (χ4n) is 3.34. The van der Waals surface area contributed by atoms with E-state index < -0.39 is 10.5 Å². The summed E-state index contributed by atoms with van der Waals surface area (Å²) in [5.74, 6) is 0.749. The maximum Gasteiger partial charge on any atom is 0.336 e. The Hall–Kier alpha value is -4.51. The summed E-state index contributed by atoms with van der Waals surface area (Å²) >= 11 is 0. The lowest BCUT2D eigenvalue weighted by atomic mass is 10.0. The molecule has 152 valence electrons. The van der Waals surface area contributed by atoms with Gasteiger partial charge in [-0.1, -0.05) is 0 Å². The lowest BCUT2D eigenvalue weighted by Crippen LogP contribution is -1.99. The van der Waals surface area contributed by atoms with Crippen LogP contribution in [0.4, 0.5) is 5.69 Å². The predicted molar refractivity (Wildman–Crippen MR) is 113 cm³/mol. The van der Waals surface area contributed by atoms with Crippen molar-refractivity contribution in [2.45, 2.75) is 13.8 Å². The van der Waals surface area contributed by atoms with E-state index in [1.165, 1.54) is 18.2 Å². The Kier molecular flexibility index (Phi) is 4.93. The van der Waals surface area contributed by atoms with E-state index in [0.717, 1.165) is 0 Å². The number of pyridine rings is 1. The summed E-state index contributed by atoms with van der Waals surface area (Å²) in [6, 6.07) is 16.0. The molecule has 8 nitrogen and oxygen atoms in total. The Morgan fingerprint density at radius 3 is 2.52 bits per heavy atom. The van der Waals surface area contributed by atoms with Gasteiger partial charge in [0.1, 0.15) is 28.7 Å². The molecule has 0 saturated carbocycles. The van der Waals surface area contributed by atoms with Crippen molar-refractivity contribution in [3.63, 3.8) is 0 Å². The molecule has 0 spiro atoms. The van der Waals surface area contributed by atoms with E-state index in [-0.39, 0.29) is 5.69 Å². The van der Waals surface area contributed by atoms with E-state index in [1.54, 1.807) is 50.2 Å². The molecule has 0 radical (unpaired) electrons. The van der Waals surface area contributed by atoms with E-state index in [0.29, 0.717) is 50.5 Å². The Bertz CT molecular complexity index is 1430. The van der Waals surface area contributed by atoms with Crippen LogP contribution in [-0.4, -0.2) is 9.91 Å². The zero-order valence-corrected chi connectivity index (χ0v) is 16.6. The summed E-state index contributed by atoms with van der Waals surface area (Å²) in [6.07, 6.45) is 0. The summed E-state index contributed by atoms with van der Waals surface area (Å²) in [6.45, 7) is 3.53. The zero-order valence-electron chi connectivity index (χ0n) is 16.6. The smallest absolute Gasteiger partial charge is 0.336 e. The number of aromatic nitrogens is 1. The molecule has 4 rings (SSSR count). The van der Waals surface area contributed by atoms with Crippen molar-refractivity contribution in [3.05, 3.63) is 92.1 Å². The van der Waals surface area contributed by atoms with Crippen molar-refractivity contribution in [2.24, 2.45) is 0 Å². The minimum Gasteiger partial charge on any atom is -0.456 e. The maximum absolute atomic E-state index is 12.1. The molecule has 0 aliphatic heterocycles. The third kappa shape index (κ3) is 3.84. The number of benzene rings is 2. The van der Waals surface area contributed by atoms with Gasteiger partial charge in [-0.2, -0.15) is 5.26 Å². The van der Waals surface area contributed by atoms with Gasteiger partial charge in [-0.25, -0.2) is 4.79 Å². The lowest BCUT2D eigenvalue weighted by molar-refractivity contribution is -0.384. The molecule has 4 aromatic rings. The van der Waals surface area contributed by atoms with E-state index in [9.17, 15) is 20.2 Å². The van der Waals surface area contributed by atoms with Crippen LogP contribution in [0.15, 0.2) is 63.8 Å². The molecule has 2 aromatic heterocycles. The van der Waals surface area contributed by atoms with Crippen molar-refractivity contribution < 1.29 is 14.1 Å². The highest BCUT2D eigenvalue weighted by Gasteiger charge is 2.14. The monoisotopic (exact) mass is 413 g/mol. The second-order valence-corrected chi connectivity index (χ2v) is 6.88. The van der Waals surface area contributed by atoms with Gasteiger partial charge in [0.05, 0.1) is 10.6 Å². The number of hydrogen-bond donors (Lipinski definition) is 0. The molecular formula is C23H15N3O5. The first-order chi connectivity index (χ1) is 14.9. The minimum atomic E-state index is -0.564. The molecule has 0 N–H and O–H groups in total. The van der Waals surface area contributed by atoms with Crippen LogP contribution in [0.1, 0.15) is 17.0 Å². The van der Waals surface area contributed by atoms with Crippen LogP contribution in [0.3, 0.4) is 0 Å². The second-order valence-electron chi connectivity index (χ2n) is 6.88. The number of aryl methyl sites for hydroxylation is 2. The fourth-order valence-corrected chi connectivity index (χ4v) is 3.34. The van der Waals surface area contributed by atoms with Crippen molar-refractivity contribution in [3.8, 4) is 28.7 Å². The van der Waals surface area contributed by atoms with Crippen LogP contribution < -0.4 is 10.4 Å². The highest BCUT2D eigenvalue weighted by Crippen LogP contribution is 2.33. The molecule has 0 aliphatic carbocycles. The molecule has 31 heavy (non-hydrogen) atoms. The second kappa shape index (κ2) is 7.72. The van der Waals surface area contributed by atoms with Gasteiger partial charge < -0.3 is 9.15 Å². The number of nitro benzene ring substituents is 1. The van der Waals surface area contributed by atoms with E-state index in [4.69, 9.17) is 9.15 Å². The van der Waals surface area contributed by atoms with Crippen LogP contribution in [0.2, 0.25) is 0 Å². The summed E-state index contributed by atoms with van der Waals surface area (Å²) in [7, 11) is 0. The van der Waals surface area contributed by atoms with E-state index >= 15 is 0 Å². The molecule has 0 amide bonds. The number of ether oxygens (including phenoxy) is 1. The molecule has 0 bridgehead atoms. The first kappa shape index (κ1) is 19.8. The van der Waals surface area contributed by atoms with E-state index in [2.05, 4.69) is 11.1 Å². The highest BCUT2D eigenvalue weighted by molar-refractivity contribution is 5.93. The van der Waals surface area contributed by atoms with Crippen LogP contribution in [0, 0.1) is 35.3 Å². The Balaban J connectivity index is 1.79. The van der Waals surface area contributed by atoms with Gasteiger partial charge in [-0.3, -0.25) is 15.1 Å². The van der Waals surface area contributed by atoms with Crippen molar-refractivity contribution in [1.82, 2.24) is 4.98 Å². The molecule has 0 fully saturated rings. The molecule has 8 heteroatoms. The topological polar surface area (TPSA) is 119 Å². The molecule has 2 heterocycles. The zero-order chi connectivity index (χ0) is 22.1. The van der Waals surface area contributed by atoms with Crippen molar-refractivity contribution >= 4 is 16.7 Å². The van der Waals surface area contributed by atoms with Crippen LogP contribution in [0.5, 0.6) is 11.5 Å². The van der Waals surface area contributed by atoms with Crippen molar-refractivity contribution in [1.29, 1.82) is 5.26 Å². The Morgan fingerprint density at radius 1 is 1.10 bits per heavy atom. The number of rotatable bonds is 4. The summed E-state index contributed by atoms with van der Waals surface area (Å²) in [5, 5.41) is 21.0. The molecule has 0 saturated heterocycles. The minimum absolute atomic E-state index is 0.0389. The SMILES string of the molecule is Cc1cc(Oc2ccc3c(-c4ccc([N+](=O)[O-])cc4)cc(=O)oc3c2)c(C#N)c(C)n1. The largest absolute Gasteiger partial charge is 0.456 e. The number of nitriles is 1. The third-order valence-corrected chi connectivity index (χ3v) is 4.74. The maximum atomic E-state index is 12.1. The number of non-ortho nitro benzene ring substituents is 1. The summed E-state index contributed by atoms with van der Waals surface area (Å²) in [4.78, 5) is 26.8. The number of fused-ring (bicyclic) bond motifs is 1. The molecule has 0 atom stereocenters. The average Bonchev–Trinajstić information content (AvgIpc) is 2.72. The summed E-state index contributed by atoms with van der Waals surface area (Å²) < 4.78 is 11.2. The summed E-state index contributed by atoms with van der Waals surface area (Å²) in [5.41, 5.74) is 2.51. The first-order valence-corrected chi connectivity index (χ1v) is 9.24. The molecule has 2 aromatic carbocycles. The molecular weight excluding hydrogens is 398 g/mol. The van der Waals surface area contributed by atoms with Gasteiger partial charge in [0.15, 0.2) is 0 Å². The van der Waals surface area contributed by atoms with Gasteiger partial charge in [0.2, 0.25) is 0 Å². The molecule has 0 unspecified atom stereocenters. The number of nitrogens with zero attached hydrogens (tertiary/aromatic N) is 3. The predicted octanol–water partition coefficient (Wildman–Crippen LogP) is 5.04. The van der Waals surface area contributed by atoms with Gasteiger partial charge >= 0.3 is 5.63 Å². The highest BCUT2D eigenvalue weighted by atomic mass is 16.6. The Labute approximate surface area is 176 Å². The number of nitro groups is 1. The normalized spacial score (nSPS) is 10.6. The standard InChI is InChI=1S/C23H15N3O5/c1-13-9-21(20(12-24)14(2)25-13)30-17-7-8-18-19(11-23(27)31-22(18)10-17)15-3-5-16(6-4-15)26(28)29/h3-11H,1-2H3. The van der Waals surface area contributed by atoms with Crippen LogP contribution in [0.25, 0.3) is 22.1 Å². The Morgan fingerprint density at radius 2 is 1.84 bits per heavy atom. The van der Waals surface area contributed by atoms with Gasteiger partial charge in [-0.05, 0) is 49.2 Å². The number of hydrogen-bond acceptors (Lipinski definition) is 7. The first-order valence-electron chi connectivity index (χ1n) is 9.24. The van der Waals surface area contributed by atoms with Gasteiger partial charge in [-0.15, -0.1) is 0 Å². The molecule has 0 aliphatic rings. The van der Waals surface area contributed by atoms with Crippen molar-refractivity contribution in [2.75, 3.05) is 0 Å². The van der Waals surface area contributed by atoms with Gasteiger partial charge in [0.25, 0.3) is 5.69 Å². The average molecular weight is 413 g/mol. The third-order valence-electron chi connectivity index (χ3n) is 4.74. The van der Waals surface area contributed by atoms with E-state index in [1.807, 2.05) is 0 Å². The van der Waals surface area contributed by atoms with Gasteiger partial charge in [0, 0.05) is 41.4 Å². The fraction of sp³-hybridized carbons (Fsp3) is 0.0870. The lowest BCUT2D eigenvalue weighted by Gasteiger charge is -2.11. The quantitative estimate of drug-likeness (QED) is 0.261. The van der Waals surface area contributed by atoms with Crippen LogP contribution >= 0.6 is 0 Å².